The Morgan fingerprint density at radius 3 is 2.28 bits per heavy atom. The van der Waals surface area contributed by atoms with Gasteiger partial charge in [0.25, 0.3) is 0 Å². The van der Waals surface area contributed by atoms with E-state index in [1.54, 1.807) is 4.31 Å². The molecule has 2 aliphatic carbocycles. The van der Waals surface area contributed by atoms with Gasteiger partial charge in [-0.25, -0.2) is 12.7 Å². The molecule has 7 heteroatoms. The van der Waals surface area contributed by atoms with Crippen LogP contribution in [-0.4, -0.2) is 56.3 Å². The molecule has 1 spiro atoms. The first-order valence-corrected chi connectivity index (χ1v) is 11.1. The van der Waals surface area contributed by atoms with Crippen molar-refractivity contribution >= 4 is 15.8 Å². The number of hydrogen-bond donors (Lipinski definition) is 0. The Kier molecular flexibility index (Phi) is 4.11. The predicted octanol–water partition coefficient (Wildman–Crippen LogP) is 1.94. The zero-order valence-corrected chi connectivity index (χ0v) is 16.1. The van der Waals surface area contributed by atoms with E-state index >= 15 is 0 Å². The van der Waals surface area contributed by atoms with E-state index < -0.39 is 21.2 Å². The average Bonchev–Trinajstić information content (AvgIpc) is 2.90. The number of ketones is 1. The second kappa shape index (κ2) is 5.75. The van der Waals surface area contributed by atoms with E-state index in [1.807, 2.05) is 0 Å². The van der Waals surface area contributed by atoms with Gasteiger partial charge < -0.3 is 9.47 Å². The van der Waals surface area contributed by atoms with Crippen LogP contribution in [0.1, 0.15) is 52.4 Å². The third kappa shape index (κ3) is 2.61. The number of fused-ring (bicyclic) bond motifs is 2. The standard InChI is InChI=1S/C18H29NO5S/c1-16(2)14-4-5-17(16,15(20)12-14)13-25(21,22)19-8-6-18(7-9-19)23-10-3-11-24-18/h14H,3-13H2,1-2H3. The van der Waals surface area contributed by atoms with Gasteiger partial charge in [-0.3, -0.25) is 4.79 Å². The Bertz CT molecular complexity index is 657. The molecule has 4 aliphatic rings. The van der Waals surface area contributed by atoms with Crippen molar-refractivity contribution in [2.24, 2.45) is 16.7 Å². The molecule has 6 nitrogen and oxygen atoms in total. The van der Waals surface area contributed by atoms with Crippen molar-refractivity contribution in [3.8, 4) is 0 Å². The molecule has 0 amide bonds. The van der Waals surface area contributed by atoms with E-state index in [0.717, 1.165) is 12.8 Å². The molecule has 0 aromatic carbocycles. The summed E-state index contributed by atoms with van der Waals surface area (Å²) in [4.78, 5) is 12.7. The maximum Gasteiger partial charge on any atom is 0.215 e. The van der Waals surface area contributed by atoms with Gasteiger partial charge in [0.05, 0.1) is 19.0 Å². The Labute approximate surface area is 150 Å². The summed E-state index contributed by atoms with van der Waals surface area (Å²) in [5.74, 6) is -0.130. The minimum atomic E-state index is -3.47. The number of carbonyl (C=O) groups is 1. The average molecular weight is 371 g/mol. The van der Waals surface area contributed by atoms with Gasteiger partial charge in [0.1, 0.15) is 5.78 Å². The first kappa shape index (κ1) is 17.9. The van der Waals surface area contributed by atoms with Crippen LogP contribution in [0.15, 0.2) is 0 Å². The van der Waals surface area contributed by atoms with Crippen LogP contribution in [-0.2, 0) is 24.3 Å². The number of sulfonamides is 1. The van der Waals surface area contributed by atoms with Gasteiger partial charge in [-0.15, -0.1) is 0 Å². The highest BCUT2D eigenvalue weighted by Crippen LogP contribution is 2.64. The van der Waals surface area contributed by atoms with Crippen LogP contribution in [0.5, 0.6) is 0 Å². The van der Waals surface area contributed by atoms with Gasteiger partial charge in [-0.1, -0.05) is 13.8 Å². The summed E-state index contributed by atoms with van der Waals surface area (Å²) >= 11 is 0. The van der Waals surface area contributed by atoms with E-state index in [2.05, 4.69) is 13.8 Å². The largest absolute Gasteiger partial charge is 0.350 e. The van der Waals surface area contributed by atoms with E-state index in [1.165, 1.54) is 0 Å². The minimum absolute atomic E-state index is 0.0307. The molecule has 25 heavy (non-hydrogen) atoms. The van der Waals surface area contributed by atoms with Crippen molar-refractivity contribution in [2.45, 2.75) is 58.2 Å². The second-order valence-electron chi connectivity index (χ2n) is 8.78. The lowest BCUT2D eigenvalue weighted by Crippen LogP contribution is -2.53. The molecule has 0 radical (unpaired) electrons. The highest BCUT2D eigenvalue weighted by atomic mass is 32.2. The van der Waals surface area contributed by atoms with Gasteiger partial charge >= 0.3 is 0 Å². The Morgan fingerprint density at radius 1 is 1.12 bits per heavy atom. The third-order valence-electron chi connectivity index (χ3n) is 7.46. The minimum Gasteiger partial charge on any atom is -0.350 e. The maximum absolute atomic E-state index is 13.1. The van der Waals surface area contributed by atoms with Crippen molar-refractivity contribution in [3.63, 3.8) is 0 Å². The van der Waals surface area contributed by atoms with Crippen LogP contribution in [0, 0.1) is 16.7 Å². The van der Waals surface area contributed by atoms with Gasteiger partial charge in [0, 0.05) is 37.8 Å². The van der Waals surface area contributed by atoms with E-state index in [0.29, 0.717) is 57.9 Å². The smallest absolute Gasteiger partial charge is 0.215 e. The number of piperidine rings is 1. The summed E-state index contributed by atoms with van der Waals surface area (Å²) in [6.07, 6.45) is 4.27. The molecular weight excluding hydrogens is 342 g/mol. The summed E-state index contributed by atoms with van der Waals surface area (Å²) < 4.78 is 39.4. The number of nitrogens with zero attached hydrogens (tertiary/aromatic N) is 1. The predicted molar refractivity (Wildman–Crippen MR) is 92.4 cm³/mol. The molecule has 4 fully saturated rings. The summed E-state index contributed by atoms with van der Waals surface area (Å²) in [6.45, 7) is 6.35. The molecule has 2 unspecified atom stereocenters. The zero-order valence-electron chi connectivity index (χ0n) is 15.3. The highest BCUT2D eigenvalue weighted by molar-refractivity contribution is 7.89. The fourth-order valence-corrected chi connectivity index (χ4v) is 7.74. The van der Waals surface area contributed by atoms with Crippen LogP contribution < -0.4 is 0 Å². The van der Waals surface area contributed by atoms with Gasteiger partial charge in [0.2, 0.25) is 10.0 Å². The fraction of sp³-hybridized carbons (Fsp3) is 0.944. The summed E-state index contributed by atoms with van der Waals surface area (Å²) in [5.41, 5.74) is -0.909. The van der Waals surface area contributed by atoms with Crippen molar-refractivity contribution < 1.29 is 22.7 Å². The number of hydrogen-bond acceptors (Lipinski definition) is 5. The Balaban J connectivity index is 1.49. The van der Waals surface area contributed by atoms with Crippen LogP contribution in [0.25, 0.3) is 0 Å². The lowest BCUT2D eigenvalue weighted by atomic mass is 9.70. The van der Waals surface area contributed by atoms with E-state index in [9.17, 15) is 13.2 Å². The number of Topliss-reactive ketones (excluding diaryl/α,β-unsaturated/α-hetero) is 1. The molecule has 2 atom stereocenters. The molecule has 2 bridgehead atoms. The van der Waals surface area contributed by atoms with Crippen LogP contribution in [0.4, 0.5) is 0 Å². The topological polar surface area (TPSA) is 72.9 Å². The highest BCUT2D eigenvalue weighted by Gasteiger charge is 2.65. The van der Waals surface area contributed by atoms with E-state index in [-0.39, 0.29) is 17.0 Å². The maximum atomic E-state index is 13.1. The molecule has 2 heterocycles. The number of ether oxygens (including phenoxy) is 2. The normalized spacial score (nSPS) is 37.7. The molecular formula is C18H29NO5S. The lowest BCUT2D eigenvalue weighted by Gasteiger charge is -2.44. The molecule has 2 saturated carbocycles. The van der Waals surface area contributed by atoms with Gasteiger partial charge in [0.15, 0.2) is 5.79 Å². The van der Waals surface area contributed by atoms with Crippen LogP contribution in [0.2, 0.25) is 0 Å². The van der Waals surface area contributed by atoms with Crippen molar-refractivity contribution in [1.29, 1.82) is 0 Å². The molecule has 2 aliphatic heterocycles. The van der Waals surface area contributed by atoms with E-state index in [4.69, 9.17) is 9.47 Å². The summed E-state index contributed by atoms with van der Waals surface area (Å²) in [5, 5.41) is 0. The Hall–Kier alpha value is -0.500. The molecule has 0 N–H and O–H groups in total. The number of rotatable bonds is 3. The van der Waals surface area contributed by atoms with Crippen molar-refractivity contribution in [2.75, 3.05) is 32.1 Å². The molecule has 142 valence electrons. The zero-order chi connectivity index (χ0) is 17.9. The summed E-state index contributed by atoms with van der Waals surface area (Å²) in [6, 6.07) is 0. The Morgan fingerprint density at radius 2 is 1.76 bits per heavy atom. The second-order valence-corrected chi connectivity index (χ2v) is 10.8. The first-order valence-electron chi connectivity index (χ1n) is 9.50. The molecule has 0 aromatic heterocycles. The third-order valence-corrected chi connectivity index (χ3v) is 9.47. The van der Waals surface area contributed by atoms with Crippen molar-refractivity contribution in [3.05, 3.63) is 0 Å². The fourth-order valence-electron chi connectivity index (χ4n) is 5.52. The molecule has 4 rings (SSSR count). The quantitative estimate of drug-likeness (QED) is 0.758. The van der Waals surface area contributed by atoms with Gasteiger partial charge in [-0.05, 0) is 30.6 Å². The summed E-state index contributed by atoms with van der Waals surface area (Å²) in [7, 11) is -3.47. The molecule has 0 aromatic rings. The van der Waals surface area contributed by atoms with Crippen LogP contribution in [0.3, 0.4) is 0 Å². The van der Waals surface area contributed by atoms with Gasteiger partial charge in [-0.2, -0.15) is 0 Å². The SMILES string of the molecule is CC1(C)C2CCC1(CS(=O)(=O)N1CCC3(CC1)OCCCO3)C(=O)C2. The number of carbonyl (C=O) groups excluding carboxylic acids is 1. The monoisotopic (exact) mass is 371 g/mol. The van der Waals surface area contributed by atoms with Crippen molar-refractivity contribution in [1.82, 2.24) is 4.31 Å². The molecule has 2 saturated heterocycles. The lowest BCUT2D eigenvalue weighted by molar-refractivity contribution is -0.280. The first-order chi connectivity index (χ1) is 11.7. The van der Waals surface area contributed by atoms with Crippen LogP contribution >= 0.6 is 0 Å².